The minimum Gasteiger partial charge on any atom is -0.469 e. The molecule has 1 amide bonds. The van der Waals surface area contributed by atoms with Crippen molar-refractivity contribution in [3.05, 3.63) is 23.7 Å². The van der Waals surface area contributed by atoms with Gasteiger partial charge in [0.2, 0.25) is 0 Å². The number of hydrogen-bond acceptors (Lipinski definition) is 3. The molecule has 1 aromatic heterocycles. The molecule has 2 N–H and O–H groups in total. The molecule has 18 heavy (non-hydrogen) atoms. The number of aryl methyl sites for hydroxylation is 1. The summed E-state index contributed by atoms with van der Waals surface area (Å²) in [5.74, 6) is 0.703. The van der Waals surface area contributed by atoms with E-state index in [-0.39, 0.29) is 11.3 Å². The van der Waals surface area contributed by atoms with E-state index in [2.05, 4.69) is 6.92 Å². The summed E-state index contributed by atoms with van der Waals surface area (Å²) in [5, 5.41) is 0. The molecule has 98 valence electrons. The van der Waals surface area contributed by atoms with Crippen LogP contribution >= 0.6 is 12.2 Å². The van der Waals surface area contributed by atoms with Gasteiger partial charge in [-0.05, 0) is 25.8 Å². The number of rotatable bonds is 2. The van der Waals surface area contributed by atoms with Gasteiger partial charge in [0.1, 0.15) is 5.76 Å². The summed E-state index contributed by atoms with van der Waals surface area (Å²) in [6, 6.07) is 1.72. The van der Waals surface area contributed by atoms with E-state index in [9.17, 15) is 4.79 Å². The third-order valence-electron chi connectivity index (χ3n) is 3.84. The van der Waals surface area contributed by atoms with E-state index in [0.717, 1.165) is 12.8 Å². The standard InChI is InChI=1S/C13H18N2O2S/c1-9-10(3-8-17-9)11(16)15-6-4-13(2,5-7-15)12(14)18/h3,8H,4-7H2,1-2H3,(H2,14,18). The van der Waals surface area contributed by atoms with Gasteiger partial charge in [0.25, 0.3) is 5.91 Å². The van der Waals surface area contributed by atoms with Crippen LogP contribution in [0.4, 0.5) is 0 Å². The number of carbonyl (C=O) groups is 1. The molecule has 0 aromatic carbocycles. The summed E-state index contributed by atoms with van der Waals surface area (Å²) in [5.41, 5.74) is 6.29. The van der Waals surface area contributed by atoms with Crippen molar-refractivity contribution in [1.82, 2.24) is 4.90 Å². The number of amides is 1. The molecule has 0 radical (unpaired) electrons. The lowest BCUT2D eigenvalue weighted by Crippen LogP contribution is -2.46. The zero-order valence-electron chi connectivity index (χ0n) is 10.7. The molecule has 0 bridgehead atoms. The Kier molecular flexibility index (Phi) is 3.43. The molecule has 1 saturated heterocycles. The number of nitrogens with zero attached hydrogens (tertiary/aromatic N) is 1. The molecule has 5 heteroatoms. The fourth-order valence-electron chi connectivity index (χ4n) is 2.23. The zero-order chi connectivity index (χ0) is 13.3. The van der Waals surface area contributed by atoms with Crippen molar-refractivity contribution in [3.63, 3.8) is 0 Å². The fourth-order valence-corrected chi connectivity index (χ4v) is 2.43. The molecule has 0 atom stereocenters. The average Bonchev–Trinajstić information content (AvgIpc) is 2.75. The van der Waals surface area contributed by atoms with Crippen molar-refractivity contribution in [2.75, 3.05) is 13.1 Å². The summed E-state index contributed by atoms with van der Waals surface area (Å²) in [7, 11) is 0. The highest BCUT2D eigenvalue weighted by Gasteiger charge is 2.34. The van der Waals surface area contributed by atoms with Gasteiger partial charge in [-0.25, -0.2) is 0 Å². The van der Waals surface area contributed by atoms with Gasteiger partial charge < -0.3 is 15.1 Å². The van der Waals surface area contributed by atoms with Gasteiger partial charge in [-0.15, -0.1) is 0 Å². The Bertz CT molecular complexity index is 473. The lowest BCUT2D eigenvalue weighted by atomic mass is 9.80. The molecule has 0 aliphatic carbocycles. The van der Waals surface area contributed by atoms with Crippen LogP contribution in [0.3, 0.4) is 0 Å². The first-order valence-corrected chi connectivity index (χ1v) is 6.48. The van der Waals surface area contributed by atoms with Crippen LogP contribution in [0.1, 0.15) is 35.9 Å². The topological polar surface area (TPSA) is 59.5 Å². The molecule has 1 aliphatic rings. The van der Waals surface area contributed by atoms with Crippen LogP contribution in [0.5, 0.6) is 0 Å². The average molecular weight is 266 g/mol. The number of nitrogens with two attached hydrogens (primary N) is 1. The maximum Gasteiger partial charge on any atom is 0.257 e. The molecule has 1 fully saturated rings. The number of thiocarbonyl (C=S) groups is 1. The van der Waals surface area contributed by atoms with E-state index in [1.807, 2.05) is 4.90 Å². The first kappa shape index (κ1) is 13.1. The van der Waals surface area contributed by atoms with Gasteiger partial charge in [0.15, 0.2) is 0 Å². The summed E-state index contributed by atoms with van der Waals surface area (Å²) in [6.07, 6.45) is 3.20. The first-order valence-electron chi connectivity index (χ1n) is 6.07. The van der Waals surface area contributed by atoms with Gasteiger partial charge in [0, 0.05) is 18.5 Å². The minimum absolute atomic E-state index is 0.0336. The Hall–Kier alpha value is -1.36. The second kappa shape index (κ2) is 4.72. The molecule has 4 nitrogen and oxygen atoms in total. The van der Waals surface area contributed by atoms with E-state index in [1.54, 1.807) is 19.3 Å². The van der Waals surface area contributed by atoms with Crippen molar-refractivity contribution >= 4 is 23.1 Å². The summed E-state index contributed by atoms with van der Waals surface area (Å²) < 4.78 is 5.17. The minimum atomic E-state index is -0.114. The SMILES string of the molecule is Cc1occc1C(=O)N1CCC(C)(C(N)=S)CC1. The molecule has 0 unspecified atom stereocenters. The van der Waals surface area contributed by atoms with Gasteiger partial charge in [-0.1, -0.05) is 19.1 Å². The number of piperidine rings is 1. The predicted molar refractivity (Wildman–Crippen MR) is 73.5 cm³/mol. The van der Waals surface area contributed by atoms with Gasteiger partial charge >= 0.3 is 0 Å². The van der Waals surface area contributed by atoms with Gasteiger partial charge in [-0.2, -0.15) is 0 Å². The maximum atomic E-state index is 12.3. The highest BCUT2D eigenvalue weighted by molar-refractivity contribution is 7.80. The number of likely N-dealkylation sites (tertiary alicyclic amines) is 1. The second-order valence-electron chi connectivity index (χ2n) is 5.11. The molecule has 1 aliphatic heterocycles. The first-order chi connectivity index (χ1) is 8.44. The Morgan fingerprint density at radius 2 is 2.11 bits per heavy atom. The summed E-state index contributed by atoms with van der Waals surface area (Å²) in [6.45, 7) is 5.26. The van der Waals surface area contributed by atoms with Gasteiger partial charge in [-0.3, -0.25) is 4.79 Å². The Balaban J connectivity index is 2.05. The smallest absolute Gasteiger partial charge is 0.257 e. The molecule has 2 rings (SSSR count). The van der Waals surface area contributed by atoms with E-state index >= 15 is 0 Å². The maximum absolute atomic E-state index is 12.3. The van der Waals surface area contributed by atoms with E-state index < -0.39 is 0 Å². The van der Waals surface area contributed by atoms with Crippen molar-refractivity contribution in [2.24, 2.45) is 11.1 Å². The third-order valence-corrected chi connectivity index (χ3v) is 4.33. The Morgan fingerprint density at radius 1 is 1.50 bits per heavy atom. The quantitative estimate of drug-likeness (QED) is 0.833. The predicted octanol–water partition coefficient (Wildman–Crippen LogP) is 2.12. The van der Waals surface area contributed by atoms with Crippen molar-refractivity contribution in [3.8, 4) is 0 Å². The molecule has 1 aromatic rings. The Labute approximate surface area is 112 Å². The number of hydrogen-bond donors (Lipinski definition) is 1. The summed E-state index contributed by atoms with van der Waals surface area (Å²) in [4.78, 5) is 14.7. The van der Waals surface area contributed by atoms with Crippen LogP contribution in [0, 0.1) is 12.3 Å². The van der Waals surface area contributed by atoms with Crippen molar-refractivity contribution in [1.29, 1.82) is 0 Å². The largest absolute Gasteiger partial charge is 0.469 e. The van der Waals surface area contributed by atoms with Crippen LogP contribution in [0.25, 0.3) is 0 Å². The molecule has 0 saturated carbocycles. The molecule has 2 heterocycles. The van der Waals surface area contributed by atoms with Crippen LogP contribution in [-0.2, 0) is 0 Å². The highest BCUT2D eigenvalue weighted by Crippen LogP contribution is 2.31. The van der Waals surface area contributed by atoms with Crippen molar-refractivity contribution < 1.29 is 9.21 Å². The van der Waals surface area contributed by atoms with E-state index in [0.29, 0.717) is 29.4 Å². The fraction of sp³-hybridized carbons (Fsp3) is 0.538. The van der Waals surface area contributed by atoms with E-state index in [1.165, 1.54) is 0 Å². The van der Waals surface area contributed by atoms with E-state index in [4.69, 9.17) is 22.4 Å². The number of carbonyl (C=O) groups excluding carboxylic acids is 1. The van der Waals surface area contributed by atoms with Crippen LogP contribution in [0.2, 0.25) is 0 Å². The zero-order valence-corrected chi connectivity index (χ0v) is 11.5. The third kappa shape index (κ3) is 2.27. The lowest BCUT2D eigenvalue weighted by Gasteiger charge is -2.38. The molecular weight excluding hydrogens is 248 g/mol. The Morgan fingerprint density at radius 3 is 2.56 bits per heavy atom. The van der Waals surface area contributed by atoms with Crippen LogP contribution < -0.4 is 5.73 Å². The normalized spacial score (nSPS) is 18.7. The van der Waals surface area contributed by atoms with Crippen LogP contribution in [-0.4, -0.2) is 28.9 Å². The monoisotopic (exact) mass is 266 g/mol. The molecular formula is C13H18N2O2S. The van der Waals surface area contributed by atoms with Crippen molar-refractivity contribution in [2.45, 2.75) is 26.7 Å². The highest BCUT2D eigenvalue weighted by atomic mass is 32.1. The molecule has 0 spiro atoms. The van der Waals surface area contributed by atoms with Crippen LogP contribution in [0.15, 0.2) is 16.7 Å². The second-order valence-corrected chi connectivity index (χ2v) is 5.55. The number of furan rings is 1. The van der Waals surface area contributed by atoms with Gasteiger partial charge in [0.05, 0.1) is 16.8 Å². The lowest BCUT2D eigenvalue weighted by molar-refractivity contribution is 0.0668. The summed E-state index contributed by atoms with van der Waals surface area (Å²) >= 11 is 5.09.